The Bertz CT molecular complexity index is 1260. The third kappa shape index (κ3) is 4.16. The number of para-hydroxylation sites is 2. The van der Waals surface area contributed by atoms with Crippen LogP contribution in [0.5, 0.6) is 0 Å². The fraction of sp³-hybridized carbons (Fsp3) is 0.176. The molecule has 4 aromatic rings. The third-order valence-corrected chi connectivity index (χ3v) is 4.21. The van der Waals surface area contributed by atoms with Gasteiger partial charge >= 0.3 is 57.0 Å². The van der Waals surface area contributed by atoms with Crippen molar-refractivity contribution < 1.29 is 65.8 Å². The van der Waals surface area contributed by atoms with Crippen LogP contribution in [0.4, 0.5) is 11.6 Å². The molecular weight excluding hydrogens is 405 g/mol. The Kier molecular flexibility index (Phi) is 6.29. The Morgan fingerprint density at radius 2 is 2.07 bits per heavy atom. The molecule has 12 heteroatoms. The van der Waals surface area contributed by atoms with Crippen molar-refractivity contribution in [3.05, 3.63) is 46.4 Å². The van der Waals surface area contributed by atoms with Gasteiger partial charge in [-0.15, -0.1) is 10.2 Å². The van der Waals surface area contributed by atoms with Crippen molar-refractivity contribution >= 4 is 28.6 Å². The van der Waals surface area contributed by atoms with E-state index in [-0.39, 0.29) is 68.7 Å². The maximum Gasteiger partial charge on any atom is 1.00 e. The van der Waals surface area contributed by atoms with E-state index >= 15 is 0 Å². The predicted octanol–water partition coefficient (Wildman–Crippen LogP) is -1.80. The summed E-state index contributed by atoms with van der Waals surface area (Å²) in [6.07, 6.45) is 0. The van der Waals surface area contributed by atoms with Crippen LogP contribution in [0.25, 0.3) is 22.4 Å². The number of nitrogens with one attached hydrogen (secondary N) is 1. The van der Waals surface area contributed by atoms with Crippen molar-refractivity contribution in [1.29, 1.82) is 0 Å². The van der Waals surface area contributed by atoms with Gasteiger partial charge in [-0.2, -0.15) is 5.10 Å². The standard InChI is InChI=1S/C17H15N7O4.K/c1-9-7-11(21-23(9)2)14-15(16(27)28-22-14)19-20-17-18-10-5-3-4-6-12(10)24(17)8-13(25)26;/h3-7,22H,8H2,1-2H3,(H,25,26);/q;+1/p-1. The molecule has 0 amide bonds. The van der Waals surface area contributed by atoms with Crippen molar-refractivity contribution in [2.45, 2.75) is 13.5 Å². The summed E-state index contributed by atoms with van der Waals surface area (Å²) < 4.78 is 7.81. The number of imidazole rings is 1. The maximum atomic E-state index is 12.0. The van der Waals surface area contributed by atoms with Gasteiger partial charge in [0.15, 0.2) is 0 Å². The molecule has 3 aromatic heterocycles. The summed E-state index contributed by atoms with van der Waals surface area (Å²) in [4.78, 5) is 27.4. The van der Waals surface area contributed by atoms with Gasteiger partial charge in [0.2, 0.25) is 5.69 Å². The molecular formula is C17H14KN7O4. The molecule has 0 saturated carbocycles. The van der Waals surface area contributed by atoms with Crippen LogP contribution in [0.2, 0.25) is 0 Å². The molecule has 142 valence electrons. The SMILES string of the molecule is Cc1cc(-c2[nH]oc(=O)c2N=Nc2nc3ccccc3n2CC(=O)[O-])nn1C.[K+]. The fourth-order valence-electron chi connectivity index (χ4n) is 2.76. The van der Waals surface area contributed by atoms with Crippen LogP contribution in [0, 0.1) is 6.92 Å². The zero-order valence-corrected chi connectivity index (χ0v) is 19.0. The number of rotatable bonds is 5. The monoisotopic (exact) mass is 419 g/mol. The first-order valence-corrected chi connectivity index (χ1v) is 8.23. The molecule has 29 heavy (non-hydrogen) atoms. The number of aryl methyl sites for hydroxylation is 2. The largest absolute Gasteiger partial charge is 1.00 e. The van der Waals surface area contributed by atoms with Gasteiger partial charge in [-0.1, -0.05) is 12.1 Å². The minimum Gasteiger partial charge on any atom is -0.548 e. The van der Waals surface area contributed by atoms with E-state index in [1.54, 1.807) is 42.1 Å². The second-order valence-corrected chi connectivity index (χ2v) is 6.07. The summed E-state index contributed by atoms with van der Waals surface area (Å²) in [6, 6.07) is 8.69. The third-order valence-electron chi connectivity index (χ3n) is 4.21. The van der Waals surface area contributed by atoms with Gasteiger partial charge in [0.05, 0.1) is 23.5 Å². The van der Waals surface area contributed by atoms with Crippen molar-refractivity contribution in [3.63, 3.8) is 0 Å². The molecule has 4 rings (SSSR count). The molecule has 0 saturated heterocycles. The van der Waals surface area contributed by atoms with E-state index in [4.69, 9.17) is 4.52 Å². The smallest absolute Gasteiger partial charge is 0.548 e. The molecule has 0 aliphatic rings. The van der Waals surface area contributed by atoms with Crippen LogP contribution < -0.4 is 62.1 Å². The van der Waals surface area contributed by atoms with E-state index in [2.05, 4.69) is 25.5 Å². The predicted molar refractivity (Wildman–Crippen MR) is 95.2 cm³/mol. The number of carbonyl (C=O) groups excluding carboxylic acids is 1. The number of fused-ring (bicyclic) bond motifs is 1. The summed E-state index contributed by atoms with van der Waals surface area (Å²) in [7, 11) is 1.76. The number of hydrogen-bond acceptors (Lipinski definition) is 8. The van der Waals surface area contributed by atoms with E-state index < -0.39 is 18.1 Å². The average Bonchev–Trinajstić information content (AvgIpc) is 3.30. The van der Waals surface area contributed by atoms with Gasteiger partial charge in [0, 0.05) is 12.7 Å². The summed E-state index contributed by atoms with van der Waals surface area (Å²) in [5, 5.41) is 25.8. The molecule has 11 nitrogen and oxygen atoms in total. The first kappa shape index (κ1) is 21.3. The zero-order valence-electron chi connectivity index (χ0n) is 15.9. The molecule has 0 unspecified atom stereocenters. The van der Waals surface area contributed by atoms with Crippen LogP contribution in [0.15, 0.2) is 49.9 Å². The van der Waals surface area contributed by atoms with Crippen LogP contribution in [0.3, 0.4) is 0 Å². The second-order valence-electron chi connectivity index (χ2n) is 6.07. The van der Waals surface area contributed by atoms with E-state index in [0.29, 0.717) is 16.7 Å². The van der Waals surface area contributed by atoms with Crippen LogP contribution in [-0.4, -0.2) is 30.5 Å². The minimum absolute atomic E-state index is 0. The minimum atomic E-state index is -1.30. The van der Waals surface area contributed by atoms with Crippen molar-refractivity contribution in [1.82, 2.24) is 24.5 Å². The van der Waals surface area contributed by atoms with E-state index in [1.807, 2.05) is 6.92 Å². The number of azo groups is 1. The normalized spacial score (nSPS) is 11.2. The molecule has 0 radical (unpaired) electrons. The molecule has 0 fully saturated rings. The van der Waals surface area contributed by atoms with E-state index in [0.717, 1.165) is 5.69 Å². The van der Waals surface area contributed by atoms with Gasteiger partial charge in [-0.25, -0.2) is 14.9 Å². The molecule has 0 aliphatic carbocycles. The van der Waals surface area contributed by atoms with Crippen LogP contribution in [0.1, 0.15) is 5.69 Å². The molecule has 1 aromatic carbocycles. The fourth-order valence-corrected chi connectivity index (χ4v) is 2.76. The Hall–Kier alpha value is -2.38. The zero-order chi connectivity index (χ0) is 19.8. The number of benzene rings is 1. The number of hydrogen-bond donors (Lipinski definition) is 1. The molecule has 0 aliphatic heterocycles. The Balaban J connectivity index is 0.00000240. The first-order chi connectivity index (χ1) is 13.4. The quantitative estimate of drug-likeness (QED) is 0.298. The van der Waals surface area contributed by atoms with Gasteiger partial charge < -0.3 is 19.0 Å². The molecule has 1 N–H and O–H groups in total. The first-order valence-electron chi connectivity index (χ1n) is 8.23. The second kappa shape index (κ2) is 8.55. The summed E-state index contributed by atoms with van der Waals surface area (Å²) >= 11 is 0. The number of aromatic amines is 1. The van der Waals surface area contributed by atoms with Crippen molar-refractivity contribution in [2.24, 2.45) is 17.3 Å². The molecule has 0 atom stereocenters. The number of H-pyrrole nitrogens is 1. The van der Waals surface area contributed by atoms with Crippen molar-refractivity contribution in [3.8, 4) is 11.4 Å². The number of carboxylic acid groups (broad SMARTS) is 1. The van der Waals surface area contributed by atoms with Crippen LogP contribution in [-0.2, 0) is 18.4 Å². The van der Waals surface area contributed by atoms with Crippen molar-refractivity contribution in [2.75, 3.05) is 0 Å². The topological polar surface area (TPSA) is 146 Å². The summed E-state index contributed by atoms with van der Waals surface area (Å²) in [5.74, 6) is -1.28. The van der Waals surface area contributed by atoms with Gasteiger partial charge in [-0.05, 0) is 25.1 Å². The number of nitrogens with zero attached hydrogens (tertiary/aromatic N) is 6. The molecule has 0 spiro atoms. The number of aliphatic carboxylic acids is 1. The van der Waals surface area contributed by atoms with E-state index in [1.165, 1.54) is 4.57 Å². The van der Waals surface area contributed by atoms with Gasteiger partial charge in [0.25, 0.3) is 5.95 Å². The Labute approximate surface area is 205 Å². The molecule has 3 heterocycles. The maximum absolute atomic E-state index is 12.0. The summed E-state index contributed by atoms with van der Waals surface area (Å²) in [5.41, 5.74) is 1.87. The number of carbonyl (C=O) groups is 1. The van der Waals surface area contributed by atoms with E-state index in [9.17, 15) is 14.7 Å². The number of aromatic nitrogens is 5. The summed E-state index contributed by atoms with van der Waals surface area (Å²) in [6.45, 7) is 1.40. The number of carboxylic acids is 1. The average molecular weight is 419 g/mol. The van der Waals surface area contributed by atoms with Gasteiger partial charge in [0.1, 0.15) is 11.4 Å². The van der Waals surface area contributed by atoms with Crippen LogP contribution >= 0.6 is 0 Å². The van der Waals surface area contributed by atoms with Gasteiger partial charge in [-0.3, -0.25) is 4.68 Å². The Morgan fingerprint density at radius 1 is 1.31 bits per heavy atom. The Morgan fingerprint density at radius 3 is 2.76 bits per heavy atom. The molecule has 0 bridgehead atoms.